The third-order valence-corrected chi connectivity index (χ3v) is 9.75. The van der Waals surface area contributed by atoms with Gasteiger partial charge in [-0.2, -0.15) is 0 Å². The molecular formula is C43H32N2. The molecule has 0 amide bonds. The second kappa shape index (κ2) is 9.70. The number of nitrogens with zero attached hydrogens (tertiary/aromatic N) is 2. The van der Waals surface area contributed by atoms with Gasteiger partial charge < -0.3 is 9.47 Å². The maximum atomic E-state index is 2.50. The Morgan fingerprint density at radius 3 is 1.93 bits per heavy atom. The van der Waals surface area contributed by atoms with E-state index in [2.05, 4.69) is 181 Å². The Kier molecular flexibility index (Phi) is 5.58. The van der Waals surface area contributed by atoms with E-state index in [-0.39, 0.29) is 5.41 Å². The zero-order chi connectivity index (χ0) is 30.1. The molecule has 0 fully saturated rings. The summed E-state index contributed by atoms with van der Waals surface area (Å²) in [5.74, 6) is 0. The van der Waals surface area contributed by atoms with Crippen molar-refractivity contribution < 1.29 is 0 Å². The van der Waals surface area contributed by atoms with E-state index in [1.165, 1.54) is 60.5 Å². The lowest BCUT2D eigenvalue weighted by Crippen LogP contribution is -2.14. The minimum Gasteiger partial charge on any atom is -0.310 e. The summed E-state index contributed by atoms with van der Waals surface area (Å²) in [5, 5.41) is 5.08. The van der Waals surface area contributed by atoms with Gasteiger partial charge in [0.05, 0.1) is 16.7 Å². The highest BCUT2D eigenvalue weighted by Gasteiger charge is 2.36. The second-order valence-electron chi connectivity index (χ2n) is 12.6. The van der Waals surface area contributed by atoms with Crippen LogP contribution >= 0.6 is 0 Å². The largest absolute Gasteiger partial charge is 0.310 e. The first-order valence-corrected chi connectivity index (χ1v) is 15.7. The number of hydrogen-bond donors (Lipinski definition) is 0. The molecule has 9 rings (SSSR count). The Balaban J connectivity index is 1.38. The van der Waals surface area contributed by atoms with Crippen LogP contribution in [0.5, 0.6) is 0 Å². The summed E-state index contributed by atoms with van der Waals surface area (Å²) in [6, 6.07) is 57.5. The highest BCUT2D eigenvalue weighted by Crippen LogP contribution is 2.52. The predicted octanol–water partition coefficient (Wildman–Crippen LogP) is 11.7. The zero-order valence-electron chi connectivity index (χ0n) is 25.4. The molecule has 0 saturated heterocycles. The van der Waals surface area contributed by atoms with Crippen LogP contribution in [0, 0.1) is 0 Å². The topological polar surface area (TPSA) is 8.17 Å². The molecule has 1 heterocycles. The smallest absolute Gasteiger partial charge is 0.0562 e. The molecule has 1 aliphatic rings. The van der Waals surface area contributed by atoms with Crippen LogP contribution in [0.25, 0.3) is 49.4 Å². The molecule has 0 unspecified atom stereocenters. The van der Waals surface area contributed by atoms with Crippen LogP contribution in [0.2, 0.25) is 0 Å². The van der Waals surface area contributed by atoms with Crippen molar-refractivity contribution in [2.75, 3.05) is 4.90 Å². The number of benzene rings is 7. The summed E-state index contributed by atoms with van der Waals surface area (Å²) in [5.41, 5.74) is 12.4. The van der Waals surface area contributed by atoms with Crippen molar-refractivity contribution in [3.63, 3.8) is 0 Å². The van der Waals surface area contributed by atoms with Gasteiger partial charge in [-0.05, 0) is 76.2 Å². The van der Waals surface area contributed by atoms with Gasteiger partial charge in [-0.3, -0.25) is 0 Å². The fourth-order valence-corrected chi connectivity index (χ4v) is 7.70. The van der Waals surface area contributed by atoms with Gasteiger partial charge in [0.1, 0.15) is 0 Å². The van der Waals surface area contributed by atoms with Crippen LogP contribution in [-0.2, 0) is 5.41 Å². The van der Waals surface area contributed by atoms with Crippen molar-refractivity contribution in [3.8, 4) is 16.8 Å². The Bertz CT molecular complexity index is 2360. The predicted molar refractivity (Wildman–Crippen MR) is 191 cm³/mol. The van der Waals surface area contributed by atoms with E-state index >= 15 is 0 Å². The molecule has 214 valence electrons. The quantitative estimate of drug-likeness (QED) is 0.202. The first-order valence-electron chi connectivity index (χ1n) is 15.7. The molecule has 0 aliphatic heterocycles. The van der Waals surface area contributed by atoms with Crippen molar-refractivity contribution >= 4 is 49.6 Å². The van der Waals surface area contributed by atoms with Crippen molar-refractivity contribution in [3.05, 3.63) is 169 Å². The highest BCUT2D eigenvalue weighted by atomic mass is 15.1. The average Bonchev–Trinajstić information content (AvgIpc) is 3.54. The monoisotopic (exact) mass is 576 g/mol. The molecule has 0 radical (unpaired) electrons. The van der Waals surface area contributed by atoms with Gasteiger partial charge in [0.15, 0.2) is 0 Å². The lowest BCUT2D eigenvalue weighted by atomic mass is 9.82. The molecule has 2 heteroatoms. The Hall–Kier alpha value is -5.60. The summed E-state index contributed by atoms with van der Waals surface area (Å²) in [4.78, 5) is 2.35. The summed E-state index contributed by atoms with van der Waals surface area (Å²) < 4.78 is 2.50. The molecule has 7 aromatic carbocycles. The highest BCUT2D eigenvalue weighted by molar-refractivity contribution is 6.14. The van der Waals surface area contributed by atoms with Gasteiger partial charge in [0.25, 0.3) is 0 Å². The van der Waals surface area contributed by atoms with Gasteiger partial charge >= 0.3 is 0 Å². The maximum absolute atomic E-state index is 2.50. The zero-order valence-corrected chi connectivity index (χ0v) is 25.4. The normalized spacial score (nSPS) is 13.3. The number of rotatable bonds is 4. The summed E-state index contributed by atoms with van der Waals surface area (Å²) >= 11 is 0. The minimum absolute atomic E-state index is 0.0624. The second-order valence-corrected chi connectivity index (χ2v) is 12.6. The third kappa shape index (κ3) is 3.76. The Labute approximate surface area is 263 Å². The molecular weight excluding hydrogens is 544 g/mol. The molecule has 0 saturated carbocycles. The van der Waals surface area contributed by atoms with E-state index in [1.54, 1.807) is 0 Å². The number of hydrogen-bond acceptors (Lipinski definition) is 1. The van der Waals surface area contributed by atoms with E-state index in [1.807, 2.05) is 0 Å². The summed E-state index contributed by atoms with van der Waals surface area (Å²) in [6.45, 7) is 4.72. The van der Waals surface area contributed by atoms with Crippen molar-refractivity contribution in [1.29, 1.82) is 0 Å². The summed E-state index contributed by atoms with van der Waals surface area (Å²) in [6.07, 6.45) is 0. The van der Waals surface area contributed by atoms with Crippen molar-refractivity contribution in [1.82, 2.24) is 4.57 Å². The number of para-hydroxylation sites is 3. The first-order chi connectivity index (χ1) is 22.1. The van der Waals surface area contributed by atoms with Crippen molar-refractivity contribution in [2.24, 2.45) is 0 Å². The molecule has 2 nitrogen and oxygen atoms in total. The first kappa shape index (κ1) is 25.9. The number of aromatic nitrogens is 1. The third-order valence-electron chi connectivity index (χ3n) is 9.75. The standard InChI is InChI=1S/C43H32N2/c1-43(2)36-21-11-9-20-35(36)42-37(43)27-24-29-14-13-23-39(41(29)42)45-38-22-12-10-19-33(38)34-26-25-32(28-40(34)45)44(30-15-5-3-6-16-30)31-17-7-4-8-18-31/h3-28H,1-2H3. The van der Waals surface area contributed by atoms with Crippen molar-refractivity contribution in [2.45, 2.75) is 19.3 Å². The Morgan fingerprint density at radius 1 is 0.489 bits per heavy atom. The number of anilines is 3. The van der Waals surface area contributed by atoms with Crippen LogP contribution in [0.15, 0.2) is 158 Å². The molecule has 1 aromatic heterocycles. The SMILES string of the molecule is CC1(C)c2ccccc2-c2c1ccc1cccc(-n3c4ccccc4c4ccc(N(c5ccccc5)c5ccccc5)cc43)c21. The van der Waals surface area contributed by atoms with Crippen LogP contribution in [-0.4, -0.2) is 4.57 Å². The van der Waals surface area contributed by atoms with E-state index < -0.39 is 0 Å². The molecule has 0 N–H and O–H groups in total. The molecule has 8 aromatic rings. The fourth-order valence-electron chi connectivity index (χ4n) is 7.70. The Morgan fingerprint density at radius 2 is 1.16 bits per heavy atom. The van der Waals surface area contributed by atoms with E-state index in [0.29, 0.717) is 0 Å². The van der Waals surface area contributed by atoms with Gasteiger partial charge in [0, 0.05) is 38.6 Å². The maximum Gasteiger partial charge on any atom is 0.0562 e. The molecule has 0 bridgehead atoms. The molecule has 0 atom stereocenters. The molecule has 0 spiro atoms. The number of fused-ring (bicyclic) bond motifs is 8. The lowest BCUT2D eigenvalue weighted by Gasteiger charge is -2.25. The molecule has 45 heavy (non-hydrogen) atoms. The molecule has 1 aliphatic carbocycles. The minimum atomic E-state index is -0.0624. The van der Waals surface area contributed by atoms with Crippen LogP contribution in [0.4, 0.5) is 17.1 Å². The van der Waals surface area contributed by atoms with E-state index in [0.717, 1.165) is 17.1 Å². The van der Waals surface area contributed by atoms with Gasteiger partial charge in [-0.25, -0.2) is 0 Å². The van der Waals surface area contributed by atoms with Gasteiger partial charge in [-0.15, -0.1) is 0 Å². The van der Waals surface area contributed by atoms with Crippen LogP contribution < -0.4 is 4.90 Å². The van der Waals surface area contributed by atoms with Crippen LogP contribution in [0.1, 0.15) is 25.0 Å². The lowest BCUT2D eigenvalue weighted by molar-refractivity contribution is 0.661. The van der Waals surface area contributed by atoms with Crippen LogP contribution in [0.3, 0.4) is 0 Å². The van der Waals surface area contributed by atoms with Gasteiger partial charge in [-0.1, -0.05) is 123 Å². The average molecular weight is 577 g/mol. The van der Waals surface area contributed by atoms with E-state index in [4.69, 9.17) is 0 Å². The fraction of sp³-hybridized carbons (Fsp3) is 0.0698. The summed E-state index contributed by atoms with van der Waals surface area (Å²) in [7, 11) is 0. The van der Waals surface area contributed by atoms with E-state index in [9.17, 15) is 0 Å². The van der Waals surface area contributed by atoms with Gasteiger partial charge in [0.2, 0.25) is 0 Å².